The average Bonchev–Trinajstić information content (AvgIpc) is 2.92. The normalized spacial score (nSPS) is 15.5. The lowest BCUT2D eigenvalue weighted by Crippen LogP contribution is -2.26. The van der Waals surface area contributed by atoms with Crippen LogP contribution < -0.4 is 5.32 Å². The Bertz CT molecular complexity index is 326. The van der Waals surface area contributed by atoms with Gasteiger partial charge in [0.2, 0.25) is 5.91 Å². The summed E-state index contributed by atoms with van der Waals surface area (Å²) in [5.74, 6) is 2.37. The predicted molar refractivity (Wildman–Crippen MR) is 52.9 cm³/mol. The van der Waals surface area contributed by atoms with E-state index in [-0.39, 0.29) is 5.91 Å². The molecule has 1 fully saturated rings. The molecule has 76 valence electrons. The Labute approximate surface area is 83.5 Å². The third-order valence-corrected chi connectivity index (χ3v) is 2.41. The van der Waals surface area contributed by atoms with E-state index >= 15 is 0 Å². The smallest absolute Gasteiger partial charge is 0.223 e. The van der Waals surface area contributed by atoms with E-state index in [2.05, 4.69) is 5.32 Å². The van der Waals surface area contributed by atoms with Crippen molar-refractivity contribution in [3.8, 4) is 0 Å². The van der Waals surface area contributed by atoms with Crippen LogP contribution in [0.4, 0.5) is 0 Å². The second kappa shape index (κ2) is 3.86. The zero-order valence-electron chi connectivity index (χ0n) is 8.38. The molecule has 3 heteroatoms. The van der Waals surface area contributed by atoms with E-state index in [0.717, 1.165) is 30.8 Å². The lowest BCUT2D eigenvalue weighted by Gasteiger charge is -2.01. The zero-order chi connectivity index (χ0) is 9.97. The molecule has 14 heavy (non-hydrogen) atoms. The molecule has 0 aromatic carbocycles. The van der Waals surface area contributed by atoms with Crippen molar-refractivity contribution in [2.75, 3.05) is 6.54 Å². The standard InChI is InChI=1S/C11H15NO2/c1-8-2-5-10(14-8)6-7-12-11(13)9-3-4-9/h2,5,9H,3-4,6-7H2,1H3,(H,12,13). The molecule has 1 N–H and O–H groups in total. The quantitative estimate of drug-likeness (QED) is 0.790. The van der Waals surface area contributed by atoms with Crippen LogP contribution in [0.25, 0.3) is 0 Å². The van der Waals surface area contributed by atoms with Gasteiger partial charge in [0.25, 0.3) is 0 Å². The number of hydrogen-bond acceptors (Lipinski definition) is 2. The van der Waals surface area contributed by atoms with E-state index in [1.54, 1.807) is 0 Å². The molecule has 3 nitrogen and oxygen atoms in total. The molecular formula is C11H15NO2. The van der Waals surface area contributed by atoms with Crippen molar-refractivity contribution in [2.45, 2.75) is 26.2 Å². The third-order valence-electron chi connectivity index (χ3n) is 2.41. The Morgan fingerprint density at radius 2 is 2.36 bits per heavy atom. The fourth-order valence-corrected chi connectivity index (χ4v) is 1.42. The van der Waals surface area contributed by atoms with Crippen molar-refractivity contribution in [1.82, 2.24) is 5.32 Å². The van der Waals surface area contributed by atoms with Crippen molar-refractivity contribution < 1.29 is 9.21 Å². The topological polar surface area (TPSA) is 42.2 Å². The van der Waals surface area contributed by atoms with Crippen LogP contribution in [-0.4, -0.2) is 12.5 Å². The number of amides is 1. The molecule has 1 aromatic rings. The van der Waals surface area contributed by atoms with Crippen molar-refractivity contribution in [1.29, 1.82) is 0 Å². The minimum absolute atomic E-state index is 0.202. The van der Waals surface area contributed by atoms with Gasteiger partial charge in [0.1, 0.15) is 11.5 Å². The third kappa shape index (κ3) is 2.37. The fraction of sp³-hybridized carbons (Fsp3) is 0.545. The van der Waals surface area contributed by atoms with Crippen LogP contribution in [-0.2, 0) is 11.2 Å². The van der Waals surface area contributed by atoms with Crippen molar-refractivity contribution in [2.24, 2.45) is 5.92 Å². The molecule has 0 spiro atoms. The highest BCUT2D eigenvalue weighted by atomic mass is 16.3. The summed E-state index contributed by atoms with van der Waals surface area (Å²) in [4.78, 5) is 11.3. The van der Waals surface area contributed by atoms with Gasteiger partial charge in [-0.15, -0.1) is 0 Å². The number of carbonyl (C=O) groups is 1. The number of hydrogen-bond donors (Lipinski definition) is 1. The fourth-order valence-electron chi connectivity index (χ4n) is 1.42. The average molecular weight is 193 g/mol. The summed E-state index contributed by atoms with van der Waals surface area (Å²) in [7, 11) is 0. The van der Waals surface area contributed by atoms with E-state index in [1.807, 2.05) is 19.1 Å². The van der Waals surface area contributed by atoms with Crippen LogP contribution in [0, 0.1) is 12.8 Å². The summed E-state index contributed by atoms with van der Waals surface area (Å²) in [6, 6.07) is 3.90. The van der Waals surface area contributed by atoms with Crippen LogP contribution in [0.1, 0.15) is 24.4 Å². The highest BCUT2D eigenvalue weighted by Gasteiger charge is 2.28. The number of nitrogens with one attached hydrogen (secondary N) is 1. The van der Waals surface area contributed by atoms with Gasteiger partial charge in [0, 0.05) is 18.9 Å². The van der Waals surface area contributed by atoms with Gasteiger partial charge in [-0.3, -0.25) is 4.79 Å². The van der Waals surface area contributed by atoms with Crippen LogP contribution in [0.15, 0.2) is 16.5 Å². The lowest BCUT2D eigenvalue weighted by atomic mass is 10.3. The second-order valence-electron chi connectivity index (χ2n) is 3.83. The number of furan rings is 1. The van der Waals surface area contributed by atoms with Gasteiger partial charge in [-0.2, -0.15) is 0 Å². The Balaban J connectivity index is 1.69. The molecule has 1 heterocycles. The van der Waals surface area contributed by atoms with E-state index in [9.17, 15) is 4.79 Å². The largest absolute Gasteiger partial charge is 0.466 e. The molecule has 0 unspecified atom stereocenters. The summed E-state index contributed by atoms with van der Waals surface area (Å²) in [6.45, 7) is 2.61. The Kier molecular flexibility index (Phi) is 2.57. The first-order valence-corrected chi connectivity index (χ1v) is 5.09. The number of aryl methyl sites for hydroxylation is 1. The van der Waals surface area contributed by atoms with E-state index in [0.29, 0.717) is 12.5 Å². The number of carbonyl (C=O) groups excluding carboxylic acids is 1. The molecule has 0 aliphatic heterocycles. The van der Waals surface area contributed by atoms with Crippen LogP contribution in [0.2, 0.25) is 0 Å². The highest BCUT2D eigenvalue weighted by Crippen LogP contribution is 2.28. The summed E-state index contributed by atoms with van der Waals surface area (Å²) >= 11 is 0. The maximum atomic E-state index is 11.3. The molecule has 0 radical (unpaired) electrons. The van der Waals surface area contributed by atoms with E-state index < -0.39 is 0 Å². The molecular weight excluding hydrogens is 178 g/mol. The van der Waals surface area contributed by atoms with Gasteiger partial charge in [-0.05, 0) is 31.9 Å². The molecule has 1 saturated carbocycles. The predicted octanol–water partition coefficient (Wildman–Crippen LogP) is 1.66. The molecule has 1 aliphatic rings. The van der Waals surface area contributed by atoms with Gasteiger partial charge in [0.05, 0.1) is 0 Å². The van der Waals surface area contributed by atoms with Crippen LogP contribution >= 0.6 is 0 Å². The Morgan fingerprint density at radius 3 is 2.93 bits per heavy atom. The van der Waals surface area contributed by atoms with Crippen molar-refractivity contribution >= 4 is 5.91 Å². The van der Waals surface area contributed by atoms with Crippen molar-refractivity contribution in [3.05, 3.63) is 23.7 Å². The minimum Gasteiger partial charge on any atom is -0.466 e. The van der Waals surface area contributed by atoms with Crippen LogP contribution in [0.3, 0.4) is 0 Å². The van der Waals surface area contributed by atoms with Gasteiger partial charge in [-0.1, -0.05) is 0 Å². The first kappa shape index (κ1) is 9.31. The molecule has 0 saturated heterocycles. The van der Waals surface area contributed by atoms with Gasteiger partial charge >= 0.3 is 0 Å². The Morgan fingerprint density at radius 1 is 1.57 bits per heavy atom. The SMILES string of the molecule is Cc1ccc(CCNC(=O)C2CC2)o1. The molecule has 0 atom stereocenters. The maximum Gasteiger partial charge on any atom is 0.223 e. The summed E-state index contributed by atoms with van der Waals surface area (Å²) < 4.78 is 5.39. The molecule has 2 rings (SSSR count). The van der Waals surface area contributed by atoms with Crippen LogP contribution in [0.5, 0.6) is 0 Å². The molecule has 1 aliphatic carbocycles. The summed E-state index contributed by atoms with van der Waals surface area (Å²) in [5, 5.41) is 2.90. The summed E-state index contributed by atoms with van der Waals surface area (Å²) in [5.41, 5.74) is 0. The zero-order valence-corrected chi connectivity index (χ0v) is 8.38. The number of rotatable bonds is 4. The van der Waals surface area contributed by atoms with Gasteiger partial charge < -0.3 is 9.73 Å². The van der Waals surface area contributed by atoms with Gasteiger partial charge in [-0.25, -0.2) is 0 Å². The monoisotopic (exact) mass is 193 g/mol. The first-order chi connectivity index (χ1) is 6.75. The summed E-state index contributed by atoms with van der Waals surface area (Å²) in [6.07, 6.45) is 2.91. The van der Waals surface area contributed by atoms with Gasteiger partial charge in [0.15, 0.2) is 0 Å². The highest BCUT2D eigenvalue weighted by molar-refractivity contribution is 5.80. The molecule has 0 bridgehead atoms. The second-order valence-corrected chi connectivity index (χ2v) is 3.83. The lowest BCUT2D eigenvalue weighted by molar-refractivity contribution is -0.122. The Hall–Kier alpha value is -1.25. The first-order valence-electron chi connectivity index (χ1n) is 5.09. The minimum atomic E-state index is 0.202. The van der Waals surface area contributed by atoms with Crippen molar-refractivity contribution in [3.63, 3.8) is 0 Å². The molecule has 1 amide bonds. The molecule has 1 aromatic heterocycles. The van der Waals surface area contributed by atoms with E-state index in [1.165, 1.54) is 0 Å². The maximum absolute atomic E-state index is 11.3. The van der Waals surface area contributed by atoms with E-state index in [4.69, 9.17) is 4.42 Å².